The van der Waals surface area contributed by atoms with E-state index in [0.717, 1.165) is 41.4 Å². The van der Waals surface area contributed by atoms with E-state index < -0.39 is 0 Å². The van der Waals surface area contributed by atoms with Crippen LogP contribution in [-0.4, -0.2) is 34.1 Å². The number of fused-ring (bicyclic) bond motifs is 3. The Morgan fingerprint density at radius 3 is 2.83 bits per heavy atom. The highest BCUT2D eigenvalue weighted by Gasteiger charge is 2.22. The Hall–Kier alpha value is -3.87. The van der Waals surface area contributed by atoms with Gasteiger partial charge in [-0.15, -0.1) is 0 Å². The molecular weight excluding hydrogens is 378 g/mol. The highest BCUT2D eigenvalue weighted by molar-refractivity contribution is 6.04. The number of anilines is 2. The average molecular weight is 399 g/mol. The maximum absolute atomic E-state index is 12.4. The van der Waals surface area contributed by atoms with Gasteiger partial charge in [0.15, 0.2) is 0 Å². The molecule has 0 fully saturated rings. The Bertz CT molecular complexity index is 1220. The van der Waals surface area contributed by atoms with Crippen molar-refractivity contribution in [3.05, 3.63) is 78.4 Å². The lowest BCUT2D eigenvalue weighted by atomic mass is 10.2. The van der Waals surface area contributed by atoms with Gasteiger partial charge in [-0.3, -0.25) is 9.78 Å². The number of pyridine rings is 1. The number of para-hydroxylation sites is 2. The van der Waals surface area contributed by atoms with Crippen LogP contribution in [0.25, 0.3) is 11.0 Å². The quantitative estimate of drug-likeness (QED) is 0.566. The first kappa shape index (κ1) is 18.2. The van der Waals surface area contributed by atoms with Crippen molar-refractivity contribution >= 4 is 28.3 Å². The topological polar surface area (TPSA) is 72.3 Å². The van der Waals surface area contributed by atoms with E-state index in [1.54, 1.807) is 31.6 Å². The summed E-state index contributed by atoms with van der Waals surface area (Å²) in [6, 6.07) is 17.4. The highest BCUT2D eigenvalue weighted by Crippen LogP contribution is 2.32. The van der Waals surface area contributed by atoms with E-state index in [-0.39, 0.29) is 5.91 Å². The molecule has 0 unspecified atom stereocenters. The number of methoxy groups -OCH3 is 1. The number of imidazole rings is 1. The maximum atomic E-state index is 12.4. The average Bonchev–Trinajstić information content (AvgIpc) is 3.16. The predicted octanol–water partition coefficient (Wildman–Crippen LogP) is 3.71. The van der Waals surface area contributed by atoms with Crippen LogP contribution in [0.3, 0.4) is 0 Å². The summed E-state index contributed by atoms with van der Waals surface area (Å²) in [4.78, 5) is 23.5. The Kier molecular flexibility index (Phi) is 4.55. The maximum Gasteiger partial charge on any atom is 0.257 e. The first-order valence-corrected chi connectivity index (χ1v) is 9.81. The van der Waals surface area contributed by atoms with Gasteiger partial charge < -0.3 is 19.5 Å². The van der Waals surface area contributed by atoms with Gasteiger partial charge in [-0.2, -0.15) is 0 Å². The number of ether oxygens (including phenoxy) is 1. The number of hydrogen-bond acceptors (Lipinski definition) is 5. The standard InChI is InChI=1S/C23H21N5O2/c1-30-21-7-3-2-6-20(21)27-11-12-28-19-9-8-17(13-18(19)26-22(28)15-27)25-23(29)16-5-4-10-24-14-16/h2-10,13-14H,11-12,15H2,1H3,(H,25,29). The van der Waals surface area contributed by atoms with E-state index in [9.17, 15) is 4.79 Å². The monoisotopic (exact) mass is 399 g/mol. The van der Waals surface area contributed by atoms with Crippen LogP contribution < -0.4 is 15.0 Å². The first-order valence-electron chi connectivity index (χ1n) is 9.81. The second-order valence-corrected chi connectivity index (χ2v) is 7.17. The Morgan fingerprint density at radius 1 is 1.10 bits per heavy atom. The zero-order valence-corrected chi connectivity index (χ0v) is 16.6. The molecular formula is C23H21N5O2. The van der Waals surface area contributed by atoms with Crippen molar-refractivity contribution in [3.63, 3.8) is 0 Å². The number of amides is 1. The minimum Gasteiger partial charge on any atom is -0.495 e. The van der Waals surface area contributed by atoms with Crippen LogP contribution in [0.15, 0.2) is 67.0 Å². The number of aromatic nitrogens is 3. The third kappa shape index (κ3) is 3.24. The van der Waals surface area contributed by atoms with Crippen molar-refractivity contribution in [2.24, 2.45) is 0 Å². The Balaban J connectivity index is 1.41. The van der Waals surface area contributed by atoms with Crippen molar-refractivity contribution in [3.8, 4) is 5.75 Å². The lowest BCUT2D eigenvalue weighted by Crippen LogP contribution is -2.33. The third-order valence-corrected chi connectivity index (χ3v) is 5.36. The second kappa shape index (κ2) is 7.51. The molecule has 1 aliphatic rings. The summed E-state index contributed by atoms with van der Waals surface area (Å²) in [7, 11) is 1.69. The molecule has 0 aliphatic carbocycles. The van der Waals surface area contributed by atoms with Crippen molar-refractivity contribution in [2.45, 2.75) is 13.1 Å². The molecule has 0 saturated heterocycles. The van der Waals surface area contributed by atoms with Crippen LogP contribution in [0.4, 0.5) is 11.4 Å². The Labute approximate surface area is 173 Å². The fourth-order valence-electron chi connectivity index (χ4n) is 3.90. The minimum atomic E-state index is -0.186. The van der Waals surface area contributed by atoms with Gasteiger partial charge in [0.05, 0.1) is 35.9 Å². The summed E-state index contributed by atoms with van der Waals surface area (Å²) in [5, 5.41) is 2.93. The molecule has 3 heterocycles. The van der Waals surface area contributed by atoms with Gasteiger partial charge in [-0.05, 0) is 42.5 Å². The normalized spacial score (nSPS) is 13.2. The van der Waals surface area contributed by atoms with E-state index in [2.05, 4.69) is 25.8 Å². The Morgan fingerprint density at radius 2 is 2.00 bits per heavy atom. The van der Waals surface area contributed by atoms with Crippen molar-refractivity contribution < 1.29 is 9.53 Å². The van der Waals surface area contributed by atoms with Gasteiger partial charge in [-0.25, -0.2) is 4.98 Å². The minimum absolute atomic E-state index is 0.186. The van der Waals surface area contributed by atoms with Gasteiger partial charge in [0.25, 0.3) is 5.91 Å². The fraction of sp³-hybridized carbons (Fsp3) is 0.174. The van der Waals surface area contributed by atoms with E-state index in [0.29, 0.717) is 17.8 Å². The van der Waals surface area contributed by atoms with E-state index in [1.807, 2.05) is 36.4 Å². The van der Waals surface area contributed by atoms with Gasteiger partial charge in [-0.1, -0.05) is 12.1 Å². The molecule has 30 heavy (non-hydrogen) atoms. The highest BCUT2D eigenvalue weighted by atomic mass is 16.5. The summed E-state index contributed by atoms with van der Waals surface area (Å²) >= 11 is 0. The van der Waals surface area contributed by atoms with E-state index in [1.165, 1.54) is 0 Å². The van der Waals surface area contributed by atoms with Crippen LogP contribution in [0.5, 0.6) is 5.75 Å². The van der Waals surface area contributed by atoms with Gasteiger partial charge >= 0.3 is 0 Å². The van der Waals surface area contributed by atoms with Gasteiger partial charge in [0, 0.05) is 31.2 Å². The number of carbonyl (C=O) groups is 1. The zero-order chi connectivity index (χ0) is 20.5. The van der Waals surface area contributed by atoms with Crippen LogP contribution in [0.2, 0.25) is 0 Å². The molecule has 7 heteroatoms. The molecule has 0 saturated carbocycles. The summed E-state index contributed by atoms with van der Waals surface area (Å²) in [5.41, 5.74) is 4.25. The molecule has 0 bridgehead atoms. The number of rotatable bonds is 4. The number of hydrogen-bond donors (Lipinski definition) is 1. The molecule has 0 radical (unpaired) electrons. The largest absolute Gasteiger partial charge is 0.495 e. The number of carbonyl (C=O) groups excluding carboxylic acids is 1. The van der Waals surface area contributed by atoms with Crippen LogP contribution >= 0.6 is 0 Å². The third-order valence-electron chi connectivity index (χ3n) is 5.36. The van der Waals surface area contributed by atoms with Crippen LogP contribution in [0.1, 0.15) is 16.2 Å². The molecule has 4 aromatic rings. The molecule has 5 rings (SSSR count). The van der Waals surface area contributed by atoms with Crippen molar-refractivity contribution in [1.82, 2.24) is 14.5 Å². The van der Waals surface area contributed by atoms with Crippen LogP contribution in [-0.2, 0) is 13.1 Å². The predicted molar refractivity (Wildman–Crippen MR) is 116 cm³/mol. The fourth-order valence-corrected chi connectivity index (χ4v) is 3.90. The van der Waals surface area contributed by atoms with Crippen molar-refractivity contribution in [1.29, 1.82) is 0 Å². The molecule has 0 atom stereocenters. The number of nitrogens with zero attached hydrogens (tertiary/aromatic N) is 4. The first-order chi connectivity index (χ1) is 14.7. The van der Waals surface area contributed by atoms with E-state index >= 15 is 0 Å². The molecule has 0 spiro atoms. The summed E-state index contributed by atoms with van der Waals surface area (Å²) in [6.45, 7) is 2.41. The summed E-state index contributed by atoms with van der Waals surface area (Å²) in [6.07, 6.45) is 3.20. The molecule has 150 valence electrons. The molecule has 1 amide bonds. The molecule has 1 N–H and O–H groups in total. The summed E-state index contributed by atoms with van der Waals surface area (Å²) in [5.74, 6) is 1.68. The molecule has 1 aliphatic heterocycles. The number of nitrogens with one attached hydrogen (secondary N) is 1. The van der Waals surface area contributed by atoms with Crippen molar-refractivity contribution in [2.75, 3.05) is 23.9 Å². The lowest BCUT2D eigenvalue weighted by Gasteiger charge is -2.30. The number of benzene rings is 2. The SMILES string of the molecule is COc1ccccc1N1CCn2c(nc3cc(NC(=O)c4cccnc4)ccc32)C1. The lowest BCUT2D eigenvalue weighted by molar-refractivity contribution is 0.102. The van der Waals surface area contributed by atoms with Gasteiger partial charge in [0.2, 0.25) is 0 Å². The smallest absolute Gasteiger partial charge is 0.257 e. The summed E-state index contributed by atoms with van der Waals surface area (Å²) < 4.78 is 7.77. The zero-order valence-electron chi connectivity index (χ0n) is 16.6. The molecule has 7 nitrogen and oxygen atoms in total. The molecule has 2 aromatic heterocycles. The second-order valence-electron chi connectivity index (χ2n) is 7.17. The van der Waals surface area contributed by atoms with Gasteiger partial charge in [0.1, 0.15) is 11.6 Å². The van der Waals surface area contributed by atoms with Crippen LogP contribution in [0, 0.1) is 0 Å². The van der Waals surface area contributed by atoms with E-state index in [4.69, 9.17) is 9.72 Å². The molecule has 2 aromatic carbocycles.